The number of carbonyl (C=O) groups excluding carboxylic acids is 1. The lowest BCUT2D eigenvalue weighted by molar-refractivity contribution is -0.130. The van der Waals surface area contributed by atoms with Gasteiger partial charge in [0.2, 0.25) is 5.91 Å². The van der Waals surface area contributed by atoms with E-state index in [4.69, 9.17) is 0 Å². The van der Waals surface area contributed by atoms with Crippen molar-refractivity contribution in [3.05, 3.63) is 0 Å². The first-order valence-corrected chi connectivity index (χ1v) is 6.22. The van der Waals surface area contributed by atoms with Crippen LogP contribution in [0.3, 0.4) is 0 Å². The summed E-state index contributed by atoms with van der Waals surface area (Å²) in [4.78, 5) is 13.8. The van der Waals surface area contributed by atoms with Gasteiger partial charge in [-0.1, -0.05) is 12.8 Å². The molecule has 3 heteroatoms. The Morgan fingerprint density at radius 2 is 1.94 bits per heavy atom. The van der Waals surface area contributed by atoms with E-state index in [1.807, 2.05) is 11.8 Å². The highest BCUT2D eigenvalue weighted by Gasteiger charge is 2.14. The van der Waals surface area contributed by atoms with Crippen LogP contribution in [0, 0.1) is 11.8 Å². The van der Waals surface area contributed by atoms with Gasteiger partial charge in [0, 0.05) is 26.1 Å². The third-order valence-corrected chi connectivity index (χ3v) is 2.84. The number of hydrogen-bond acceptors (Lipinski definition) is 2. The Labute approximate surface area is 98.6 Å². The van der Waals surface area contributed by atoms with Gasteiger partial charge in [-0.3, -0.25) is 4.79 Å². The lowest BCUT2D eigenvalue weighted by atomic mass is 10.2. The summed E-state index contributed by atoms with van der Waals surface area (Å²) in [6.07, 6.45) is 5.68. The minimum absolute atomic E-state index is 0.242. The molecule has 0 aromatic heterocycles. The standard InChI is InChI=1S/C13H22N2O/c1-2-3-6-9-14-12-13(16)15-10-7-4-5-8-11-15/h14H,4-12H2,1H3. The Morgan fingerprint density at radius 1 is 1.25 bits per heavy atom. The average molecular weight is 222 g/mol. The van der Waals surface area contributed by atoms with Gasteiger partial charge in [-0.25, -0.2) is 0 Å². The first kappa shape index (κ1) is 13.1. The van der Waals surface area contributed by atoms with Gasteiger partial charge in [-0.2, -0.15) is 0 Å². The summed E-state index contributed by atoms with van der Waals surface area (Å²) in [5.74, 6) is 6.06. The van der Waals surface area contributed by atoms with Crippen LogP contribution in [-0.2, 0) is 4.79 Å². The Hall–Kier alpha value is -1.01. The smallest absolute Gasteiger partial charge is 0.236 e. The molecule has 0 aliphatic carbocycles. The molecule has 1 rings (SSSR count). The topological polar surface area (TPSA) is 32.3 Å². The van der Waals surface area contributed by atoms with Crippen LogP contribution >= 0.6 is 0 Å². The van der Waals surface area contributed by atoms with E-state index in [0.717, 1.165) is 38.9 Å². The van der Waals surface area contributed by atoms with Crippen LogP contribution in [0.25, 0.3) is 0 Å². The summed E-state index contributed by atoms with van der Waals surface area (Å²) in [6, 6.07) is 0. The fourth-order valence-electron chi connectivity index (χ4n) is 1.90. The van der Waals surface area contributed by atoms with E-state index < -0.39 is 0 Å². The molecule has 1 saturated heterocycles. The molecule has 0 atom stereocenters. The van der Waals surface area contributed by atoms with Crippen molar-refractivity contribution in [1.29, 1.82) is 0 Å². The molecule has 1 heterocycles. The van der Waals surface area contributed by atoms with E-state index in [9.17, 15) is 4.79 Å². The Morgan fingerprint density at radius 3 is 2.56 bits per heavy atom. The summed E-state index contributed by atoms with van der Waals surface area (Å²) in [7, 11) is 0. The van der Waals surface area contributed by atoms with E-state index in [-0.39, 0.29) is 5.91 Å². The monoisotopic (exact) mass is 222 g/mol. The molecule has 90 valence electrons. The van der Waals surface area contributed by atoms with Crippen molar-refractivity contribution in [2.24, 2.45) is 0 Å². The first-order chi connectivity index (χ1) is 7.84. The number of likely N-dealkylation sites (tertiary alicyclic amines) is 1. The second-order valence-corrected chi connectivity index (χ2v) is 4.15. The van der Waals surface area contributed by atoms with Gasteiger partial charge in [-0.05, 0) is 19.8 Å². The molecule has 0 unspecified atom stereocenters. The van der Waals surface area contributed by atoms with Gasteiger partial charge in [0.15, 0.2) is 0 Å². The van der Waals surface area contributed by atoms with Crippen molar-refractivity contribution in [3.63, 3.8) is 0 Å². The van der Waals surface area contributed by atoms with Crippen molar-refractivity contribution >= 4 is 5.91 Å². The minimum atomic E-state index is 0.242. The highest BCUT2D eigenvalue weighted by molar-refractivity contribution is 5.78. The molecular weight excluding hydrogens is 200 g/mol. The van der Waals surface area contributed by atoms with Crippen molar-refractivity contribution in [1.82, 2.24) is 10.2 Å². The zero-order valence-electron chi connectivity index (χ0n) is 10.2. The predicted octanol–water partition coefficient (Wildman–Crippen LogP) is 1.39. The lowest BCUT2D eigenvalue weighted by Gasteiger charge is -2.20. The number of hydrogen-bond donors (Lipinski definition) is 1. The third kappa shape index (κ3) is 5.18. The molecule has 16 heavy (non-hydrogen) atoms. The van der Waals surface area contributed by atoms with Gasteiger partial charge in [0.05, 0.1) is 6.54 Å². The maximum absolute atomic E-state index is 11.8. The number of carbonyl (C=O) groups is 1. The fraction of sp³-hybridized carbons (Fsp3) is 0.769. The quantitative estimate of drug-likeness (QED) is 0.576. The minimum Gasteiger partial charge on any atom is -0.342 e. The van der Waals surface area contributed by atoms with Crippen molar-refractivity contribution in [2.45, 2.75) is 39.0 Å². The summed E-state index contributed by atoms with van der Waals surface area (Å²) in [6.45, 7) is 4.98. The van der Waals surface area contributed by atoms with Gasteiger partial charge in [0.1, 0.15) is 0 Å². The van der Waals surface area contributed by atoms with Crippen molar-refractivity contribution < 1.29 is 4.79 Å². The summed E-state index contributed by atoms with van der Waals surface area (Å²) < 4.78 is 0. The average Bonchev–Trinajstić information content (AvgIpc) is 2.57. The van der Waals surface area contributed by atoms with Gasteiger partial charge >= 0.3 is 0 Å². The van der Waals surface area contributed by atoms with E-state index >= 15 is 0 Å². The highest BCUT2D eigenvalue weighted by atomic mass is 16.2. The third-order valence-electron chi connectivity index (χ3n) is 2.84. The molecule has 0 aromatic carbocycles. The molecule has 0 radical (unpaired) electrons. The molecule has 1 aliphatic heterocycles. The summed E-state index contributed by atoms with van der Waals surface area (Å²) in [5.41, 5.74) is 0. The molecule has 0 aromatic rings. The van der Waals surface area contributed by atoms with Crippen LogP contribution in [0.4, 0.5) is 0 Å². The fourth-order valence-corrected chi connectivity index (χ4v) is 1.90. The van der Waals surface area contributed by atoms with Crippen LogP contribution in [0.2, 0.25) is 0 Å². The van der Waals surface area contributed by atoms with Gasteiger partial charge in [0.25, 0.3) is 0 Å². The molecule has 0 saturated carbocycles. The number of nitrogens with zero attached hydrogens (tertiary/aromatic N) is 1. The zero-order chi connectivity index (χ0) is 11.6. The van der Waals surface area contributed by atoms with Crippen LogP contribution in [0.1, 0.15) is 39.0 Å². The maximum Gasteiger partial charge on any atom is 0.236 e. The Balaban J connectivity index is 2.14. The largest absolute Gasteiger partial charge is 0.342 e. The second-order valence-electron chi connectivity index (χ2n) is 4.15. The SMILES string of the molecule is CC#CCCNCC(=O)N1CCCCCC1. The van der Waals surface area contributed by atoms with E-state index in [1.54, 1.807) is 0 Å². The van der Waals surface area contributed by atoms with Crippen LogP contribution in [0.5, 0.6) is 0 Å². The lowest BCUT2D eigenvalue weighted by Crippen LogP contribution is -2.38. The highest BCUT2D eigenvalue weighted by Crippen LogP contribution is 2.09. The molecule has 3 nitrogen and oxygen atoms in total. The number of rotatable bonds is 4. The molecule has 1 fully saturated rings. The van der Waals surface area contributed by atoms with Crippen molar-refractivity contribution in [2.75, 3.05) is 26.2 Å². The van der Waals surface area contributed by atoms with E-state index in [0.29, 0.717) is 6.54 Å². The van der Waals surface area contributed by atoms with Crippen LogP contribution in [0.15, 0.2) is 0 Å². The molecule has 1 aliphatic rings. The first-order valence-electron chi connectivity index (χ1n) is 6.22. The summed E-state index contributed by atoms with van der Waals surface area (Å²) >= 11 is 0. The molecule has 0 bridgehead atoms. The Bertz CT molecular complexity index is 257. The van der Waals surface area contributed by atoms with Crippen LogP contribution < -0.4 is 5.32 Å². The number of amides is 1. The summed E-state index contributed by atoms with van der Waals surface area (Å²) in [5, 5.41) is 3.14. The molecular formula is C13H22N2O. The maximum atomic E-state index is 11.8. The normalized spacial score (nSPS) is 16.2. The van der Waals surface area contributed by atoms with Crippen molar-refractivity contribution in [3.8, 4) is 11.8 Å². The van der Waals surface area contributed by atoms with Gasteiger partial charge < -0.3 is 10.2 Å². The zero-order valence-corrected chi connectivity index (χ0v) is 10.2. The predicted molar refractivity (Wildman–Crippen MR) is 66.0 cm³/mol. The van der Waals surface area contributed by atoms with E-state index in [2.05, 4.69) is 17.2 Å². The Kier molecular flexibility index (Phi) is 6.67. The second kappa shape index (κ2) is 8.18. The molecule has 1 N–H and O–H groups in total. The number of nitrogens with one attached hydrogen (secondary N) is 1. The molecule has 0 spiro atoms. The van der Waals surface area contributed by atoms with Crippen LogP contribution in [-0.4, -0.2) is 37.0 Å². The molecule has 1 amide bonds. The van der Waals surface area contributed by atoms with E-state index in [1.165, 1.54) is 12.8 Å². The van der Waals surface area contributed by atoms with Gasteiger partial charge in [-0.15, -0.1) is 11.8 Å².